The van der Waals surface area contributed by atoms with Crippen LogP contribution in [0.25, 0.3) is 0 Å². The average Bonchev–Trinajstić information content (AvgIpc) is 2.29. The van der Waals surface area contributed by atoms with Gasteiger partial charge in [0.05, 0.1) is 0 Å². The second-order valence-corrected chi connectivity index (χ2v) is 9.91. The monoisotopic (exact) mass is 249 g/mol. The van der Waals surface area contributed by atoms with Crippen LogP contribution in [0, 0.1) is 0 Å². The Bertz CT molecular complexity index is 109. The summed E-state index contributed by atoms with van der Waals surface area (Å²) in [6, 6.07) is 0. The van der Waals surface area contributed by atoms with Crippen LogP contribution in [0.2, 0.25) is 0 Å². The molecule has 0 aromatic carbocycles. The van der Waals surface area contributed by atoms with E-state index in [4.69, 9.17) is 0 Å². The third-order valence-corrected chi connectivity index (χ3v) is 8.29. The third kappa shape index (κ3) is 8.61. The van der Waals surface area contributed by atoms with Gasteiger partial charge in [-0.1, -0.05) is 27.7 Å². The molecule has 0 radical (unpaired) electrons. The second-order valence-electron chi connectivity index (χ2n) is 3.80. The van der Waals surface area contributed by atoms with Gasteiger partial charge in [-0.15, -0.1) is 15.8 Å². The van der Waals surface area contributed by atoms with Gasteiger partial charge in [-0.3, -0.25) is 0 Å². The maximum Gasteiger partial charge on any atom is -0.000936 e. The van der Waals surface area contributed by atoms with Crippen LogP contribution in [0.15, 0.2) is 0 Å². The Balaban J connectivity index is 3.30. The zero-order valence-corrected chi connectivity index (χ0v) is 12.8. The van der Waals surface area contributed by atoms with Crippen LogP contribution in [0.3, 0.4) is 0 Å². The lowest BCUT2D eigenvalue weighted by Gasteiger charge is -2.16. The first kappa shape index (κ1) is 15.8. The van der Waals surface area contributed by atoms with Crippen molar-refractivity contribution >= 4 is 15.8 Å². The highest BCUT2D eigenvalue weighted by atomic mass is 31.1. The average molecular weight is 249 g/mol. The summed E-state index contributed by atoms with van der Waals surface area (Å²) in [5.74, 6) is 0. The van der Waals surface area contributed by atoms with Gasteiger partial charge in [0.2, 0.25) is 0 Å². The molecule has 0 spiro atoms. The highest BCUT2D eigenvalue weighted by Gasteiger charge is 2.03. The molecule has 0 saturated heterocycles. The molecule has 0 aromatic rings. The van der Waals surface area contributed by atoms with E-state index >= 15 is 0 Å². The highest BCUT2D eigenvalue weighted by Crippen LogP contribution is 2.34. The summed E-state index contributed by atoms with van der Waals surface area (Å²) in [5.41, 5.74) is 0. The molecule has 0 rings (SSSR count). The summed E-state index contributed by atoms with van der Waals surface area (Å²) in [5, 5.41) is 3.62. The van der Waals surface area contributed by atoms with Crippen molar-refractivity contribution in [3.63, 3.8) is 0 Å². The summed E-state index contributed by atoms with van der Waals surface area (Å²) in [7, 11) is 0.695. The van der Waals surface area contributed by atoms with Gasteiger partial charge in [-0.25, -0.2) is 0 Å². The van der Waals surface area contributed by atoms with Crippen LogP contribution in [-0.4, -0.2) is 50.1 Å². The van der Waals surface area contributed by atoms with Crippen molar-refractivity contribution in [3.05, 3.63) is 0 Å². The fourth-order valence-electron chi connectivity index (χ4n) is 1.68. The van der Waals surface area contributed by atoms with E-state index < -0.39 is 0 Å². The predicted molar refractivity (Wildman–Crippen MR) is 78.6 cm³/mol. The molecule has 0 heterocycles. The molecule has 0 atom stereocenters. The number of nitrogens with one attached hydrogen (secondary N) is 1. The van der Waals surface area contributed by atoms with E-state index in [0.717, 1.165) is 0 Å². The van der Waals surface area contributed by atoms with Gasteiger partial charge in [0.15, 0.2) is 0 Å². The Morgan fingerprint density at radius 3 is 1.27 bits per heavy atom. The molecule has 0 aliphatic rings. The molecule has 0 unspecified atom stereocenters. The molecule has 0 fully saturated rings. The second kappa shape index (κ2) is 11.3. The summed E-state index contributed by atoms with van der Waals surface area (Å²) in [4.78, 5) is 0. The lowest BCUT2D eigenvalue weighted by molar-refractivity contribution is 0.768. The molecule has 0 bridgehead atoms. The minimum Gasteiger partial charge on any atom is -0.316 e. The Kier molecular flexibility index (Phi) is 11.9. The molecule has 3 heteroatoms. The number of hydrogen-bond donors (Lipinski definition) is 1. The van der Waals surface area contributed by atoms with Gasteiger partial charge >= 0.3 is 0 Å². The largest absolute Gasteiger partial charge is 0.316 e. The first-order valence-electron chi connectivity index (χ1n) is 6.43. The quantitative estimate of drug-likeness (QED) is 0.460. The topological polar surface area (TPSA) is 12.0 Å². The number of rotatable bonds is 10. The summed E-state index contributed by atoms with van der Waals surface area (Å²) >= 11 is 0. The molecule has 15 heavy (non-hydrogen) atoms. The van der Waals surface area contributed by atoms with Crippen molar-refractivity contribution in [2.75, 3.05) is 50.1 Å². The summed E-state index contributed by atoms with van der Waals surface area (Å²) in [6.07, 6.45) is 8.49. The smallest absolute Gasteiger partial charge is 0.000936 e. The highest BCUT2D eigenvalue weighted by molar-refractivity contribution is 7.57. The Morgan fingerprint density at radius 2 is 1.00 bits per heavy atom. The molecule has 0 aliphatic carbocycles. The maximum atomic E-state index is 3.62. The molecule has 0 aromatic heterocycles. The van der Waals surface area contributed by atoms with E-state index in [0.29, 0.717) is 15.8 Å². The van der Waals surface area contributed by atoms with Gasteiger partial charge in [0.1, 0.15) is 0 Å². The molecule has 1 N–H and O–H groups in total. The normalized spacial score (nSPS) is 11.6. The lowest BCUT2D eigenvalue weighted by Crippen LogP contribution is -2.21. The van der Waals surface area contributed by atoms with Crippen LogP contribution < -0.4 is 5.32 Å². The van der Waals surface area contributed by atoms with E-state index in [1.807, 2.05) is 0 Å². The maximum absolute atomic E-state index is 3.62. The third-order valence-electron chi connectivity index (χ3n) is 3.00. The molecule has 92 valence electrons. The van der Waals surface area contributed by atoms with Gasteiger partial charge < -0.3 is 5.32 Å². The lowest BCUT2D eigenvalue weighted by atomic mass is 10.6. The number of hydrogen-bond acceptors (Lipinski definition) is 1. The first-order chi connectivity index (χ1) is 7.28. The van der Waals surface area contributed by atoms with Gasteiger partial charge in [0.25, 0.3) is 0 Å². The van der Waals surface area contributed by atoms with Crippen LogP contribution in [-0.2, 0) is 0 Å². The van der Waals surface area contributed by atoms with Crippen molar-refractivity contribution in [1.82, 2.24) is 5.32 Å². The van der Waals surface area contributed by atoms with Crippen molar-refractivity contribution < 1.29 is 0 Å². The fourth-order valence-corrected chi connectivity index (χ4v) is 4.79. The van der Waals surface area contributed by atoms with E-state index in [1.165, 1.54) is 50.1 Å². The van der Waals surface area contributed by atoms with Crippen molar-refractivity contribution in [2.24, 2.45) is 0 Å². The van der Waals surface area contributed by atoms with Gasteiger partial charge in [-0.05, 0) is 50.1 Å². The minimum absolute atomic E-state index is 0.347. The standard InChI is InChI=1S/C12H29NP2/c1-5-14(6-2)11-9-13-10-12-15(7-3)8-4/h13H,5-12H2,1-4H3. The molecular formula is C12H29NP2. The van der Waals surface area contributed by atoms with Crippen molar-refractivity contribution in [2.45, 2.75) is 27.7 Å². The Hall–Kier alpha value is 0.820. The summed E-state index contributed by atoms with van der Waals surface area (Å²) < 4.78 is 0. The van der Waals surface area contributed by atoms with E-state index in [-0.39, 0.29) is 0 Å². The van der Waals surface area contributed by atoms with E-state index in [9.17, 15) is 0 Å². The van der Waals surface area contributed by atoms with Crippen LogP contribution in [0.1, 0.15) is 27.7 Å². The van der Waals surface area contributed by atoms with Crippen LogP contribution in [0.5, 0.6) is 0 Å². The molecule has 1 nitrogen and oxygen atoms in total. The first-order valence-corrected chi connectivity index (χ1v) is 10.2. The van der Waals surface area contributed by atoms with Gasteiger partial charge in [-0.2, -0.15) is 0 Å². The minimum atomic E-state index is 0.347. The molecule has 0 aliphatic heterocycles. The van der Waals surface area contributed by atoms with Crippen LogP contribution >= 0.6 is 15.8 Å². The molecule has 0 amide bonds. The Labute approximate surface area is 99.3 Å². The van der Waals surface area contributed by atoms with E-state index in [1.54, 1.807) is 0 Å². The summed E-state index contributed by atoms with van der Waals surface area (Å²) in [6.45, 7) is 11.9. The van der Waals surface area contributed by atoms with Crippen LogP contribution in [0.4, 0.5) is 0 Å². The zero-order valence-electron chi connectivity index (χ0n) is 11.1. The molecule has 0 saturated carbocycles. The zero-order chi connectivity index (χ0) is 11.5. The Morgan fingerprint density at radius 1 is 0.667 bits per heavy atom. The van der Waals surface area contributed by atoms with Crippen molar-refractivity contribution in [1.29, 1.82) is 0 Å². The SMILES string of the molecule is CCP(CC)CCNCCP(CC)CC. The van der Waals surface area contributed by atoms with E-state index in [2.05, 4.69) is 33.0 Å². The molecular weight excluding hydrogens is 220 g/mol. The van der Waals surface area contributed by atoms with Gasteiger partial charge in [0, 0.05) is 0 Å². The van der Waals surface area contributed by atoms with Crippen molar-refractivity contribution in [3.8, 4) is 0 Å². The fraction of sp³-hybridized carbons (Fsp3) is 1.00. The predicted octanol–water partition coefficient (Wildman–Crippen LogP) is 3.62.